The van der Waals surface area contributed by atoms with Gasteiger partial charge in [0, 0.05) is 10.0 Å². The Morgan fingerprint density at radius 3 is 2.42 bits per heavy atom. The second-order valence-electron chi connectivity index (χ2n) is 6.18. The summed E-state index contributed by atoms with van der Waals surface area (Å²) in [5.41, 5.74) is 2.18. The monoisotopic (exact) mass is 413 g/mol. The highest BCUT2D eigenvalue weighted by molar-refractivity contribution is 9.10. The van der Waals surface area contributed by atoms with E-state index in [4.69, 9.17) is 4.42 Å². The predicted molar refractivity (Wildman–Crippen MR) is 104 cm³/mol. The van der Waals surface area contributed by atoms with Crippen LogP contribution in [0.4, 0.5) is 0 Å². The van der Waals surface area contributed by atoms with Gasteiger partial charge in [0.1, 0.15) is 0 Å². The van der Waals surface area contributed by atoms with Gasteiger partial charge >= 0.3 is 0 Å². The lowest BCUT2D eigenvalue weighted by molar-refractivity contribution is -0.678. The molecule has 3 rings (SSSR count). The van der Waals surface area contributed by atoms with Crippen LogP contribution in [0.25, 0.3) is 0 Å². The summed E-state index contributed by atoms with van der Waals surface area (Å²) in [5.74, 6) is 0.831. The maximum atomic E-state index is 12.4. The van der Waals surface area contributed by atoms with Gasteiger partial charge in [0.15, 0.2) is 18.3 Å². The highest BCUT2D eigenvalue weighted by Gasteiger charge is 2.22. The van der Waals surface area contributed by atoms with Crippen molar-refractivity contribution in [2.75, 3.05) is 6.54 Å². The molecule has 0 radical (unpaired) electrons. The number of amides is 1. The second kappa shape index (κ2) is 8.83. The van der Waals surface area contributed by atoms with E-state index >= 15 is 0 Å². The number of quaternary nitrogens is 1. The minimum atomic E-state index is -0.0417. The maximum absolute atomic E-state index is 12.4. The molecule has 2 atom stereocenters. The first-order valence-electron chi connectivity index (χ1n) is 8.60. The van der Waals surface area contributed by atoms with Crippen molar-refractivity contribution in [3.8, 4) is 0 Å². The van der Waals surface area contributed by atoms with Crippen molar-refractivity contribution in [2.24, 2.45) is 0 Å². The molecule has 0 aliphatic carbocycles. The van der Waals surface area contributed by atoms with Crippen molar-refractivity contribution in [1.82, 2.24) is 5.32 Å². The van der Waals surface area contributed by atoms with Crippen LogP contribution in [0.3, 0.4) is 0 Å². The van der Waals surface area contributed by atoms with Gasteiger partial charge in [0.2, 0.25) is 0 Å². The van der Waals surface area contributed by atoms with E-state index in [-0.39, 0.29) is 18.0 Å². The van der Waals surface area contributed by atoms with Gasteiger partial charge in [0.25, 0.3) is 5.91 Å². The molecule has 3 N–H and O–H groups in total. The summed E-state index contributed by atoms with van der Waals surface area (Å²) in [6, 6.07) is 21.8. The van der Waals surface area contributed by atoms with E-state index < -0.39 is 0 Å². The van der Waals surface area contributed by atoms with Crippen molar-refractivity contribution >= 4 is 21.8 Å². The molecule has 0 bridgehead atoms. The fourth-order valence-electron chi connectivity index (χ4n) is 2.91. The SMILES string of the molecule is C[C@H](NC(=O)C[NH2+][C@@H](c1ccccc1)c1ccco1)c1ccc(Br)cc1. The van der Waals surface area contributed by atoms with Gasteiger partial charge in [-0.2, -0.15) is 0 Å². The molecule has 4 nitrogen and oxygen atoms in total. The van der Waals surface area contributed by atoms with Gasteiger partial charge in [-0.3, -0.25) is 4.79 Å². The number of nitrogens with two attached hydrogens (primary N) is 1. The number of halogens is 1. The average molecular weight is 414 g/mol. The smallest absolute Gasteiger partial charge is 0.275 e. The van der Waals surface area contributed by atoms with Crippen molar-refractivity contribution < 1.29 is 14.5 Å². The normalized spacial score (nSPS) is 13.2. The molecule has 1 heterocycles. The molecule has 5 heteroatoms. The molecular formula is C21H22BrN2O2+. The Labute approximate surface area is 161 Å². The molecule has 0 aliphatic heterocycles. The van der Waals surface area contributed by atoms with Crippen LogP contribution in [0.15, 0.2) is 81.9 Å². The summed E-state index contributed by atoms with van der Waals surface area (Å²) < 4.78 is 6.60. The third kappa shape index (κ3) is 4.84. The lowest BCUT2D eigenvalue weighted by atomic mass is 10.0. The number of hydrogen-bond acceptors (Lipinski definition) is 2. The lowest BCUT2D eigenvalue weighted by Crippen LogP contribution is -2.87. The number of nitrogens with one attached hydrogen (secondary N) is 1. The van der Waals surface area contributed by atoms with Crippen LogP contribution in [0.2, 0.25) is 0 Å². The fourth-order valence-corrected chi connectivity index (χ4v) is 3.17. The van der Waals surface area contributed by atoms with Crippen molar-refractivity contribution in [3.63, 3.8) is 0 Å². The maximum Gasteiger partial charge on any atom is 0.275 e. The van der Waals surface area contributed by atoms with Gasteiger partial charge in [-0.15, -0.1) is 0 Å². The van der Waals surface area contributed by atoms with Crippen molar-refractivity contribution in [2.45, 2.75) is 19.0 Å². The third-order valence-electron chi connectivity index (χ3n) is 4.29. The number of hydrogen-bond donors (Lipinski definition) is 2. The molecule has 0 saturated carbocycles. The van der Waals surface area contributed by atoms with E-state index in [1.54, 1.807) is 6.26 Å². The number of furan rings is 1. The van der Waals surface area contributed by atoms with E-state index in [1.165, 1.54) is 0 Å². The van der Waals surface area contributed by atoms with E-state index in [1.807, 2.05) is 79.0 Å². The van der Waals surface area contributed by atoms with Crippen molar-refractivity contribution in [3.05, 3.63) is 94.4 Å². The van der Waals surface area contributed by atoms with E-state index in [0.29, 0.717) is 6.54 Å². The molecule has 0 aliphatic rings. The molecule has 1 amide bonds. The topological polar surface area (TPSA) is 58.9 Å². The lowest BCUT2D eigenvalue weighted by Gasteiger charge is -2.16. The van der Waals surface area contributed by atoms with Gasteiger partial charge in [-0.05, 0) is 36.8 Å². The van der Waals surface area contributed by atoms with Crippen molar-refractivity contribution in [1.29, 1.82) is 0 Å². The minimum Gasteiger partial charge on any atom is -0.463 e. The minimum absolute atomic E-state index is 0.00657. The zero-order chi connectivity index (χ0) is 18.4. The second-order valence-corrected chi connectivity index (χ2v) is 7.10. The summed E-state index contributed by atoms with van der Waals surface area (Å²) in [7, 11) is 0. The highest BCUT2D eigenvalue weighted by Crippen LogP contribution is 2.18. The largest absolute Gasteiger partial charge is 0.463 e. The number of benzene rings is 2. The molecule has 3 aromatic rings. The molecule has 0 spiro atoms. The van der Waals surface area contributed by atoms with Gasteiger partial charge in [0.05, 0.1) is 12.3 Å². The first kappa shape index (κ1) is 18.4. The van der Waals surface area contributed by atoms with E-state index in [2.05, 4.69) is 21.2 Å². The van der Waals surface area contributed by atoms with E-state index in [0.717, 1.165) is 21.4 Å². The summed E-state index contributed by atoms with van der Waals surface area (Å²) in [5, 5.41) is 5.05. The summed E-state index contributed by atoms with van der Waals surface area (Å²) in [6.07, 6.45) is 1.66. The molecule has 26 heavy (non-hydrogen) atoms. The molecule has 1 aromatic heterocycles. The predicted octanol–water partition coefficient (Wildman–Crippen LogP) is 3.57. The zero-order valence-electron chi connectivity index (χ0n) is 14.6. The summed E-state index contributed by atoms with van der Waals surface area (Å²) >= 11 is 3.43. The molecule has 0 unspecified atom stereocenters. The Morgan fingerprint density at radius 2 is 1.77 bits per heavy atom. The average Bonchev–Trinajstić information content (AvgIpc) is 3.17. The number of carbonyl (C=O) groups excluding carboxylic acids is 1. The van der Waals surface area contributed by atoms with Gasteiger partial charge in [-0.1, -0.05) is 58.4 Å². The fraction of sp³-hybridized carbons (Fsp3) is 0.190. The summed E-state index contributed by atoms with van der Waals surface area (Å²) in [6.45, 7) is 2.31. The third-order valence-corrected chi connectivity index (χ3v) is 4.82. The number of rotatable bonds is 7. The van der Waals surface area contributed by atoms with Crippen LogP contribution >= 0.6 is 15.9 Å². The van der Waals surface area contributed by atoms with Crippen LogP contribution in [-0.4, -0.2) is 12.5 Å². The van der Waals surface area contributed by atoms with Crippen LogP contribution in [-0.2, 0) is 4.79 Å². The molecule has 134 valence electrons. The van der Waals surface area contributed by atoms with Crippen LogP contribution < -0.4 is 10.6 Å². The first-order chi connectivity index (χ1) is 12.6. The Kier molecular flexibility index (Phi) is 6.26. The molecule has 0 saturated heterocycles. The van der Waals surface area contributed by atoms with Gasteiger partial charge < -0.3 is 15.1 Å². The van der Waals surface area contributed by atoms with E-state index in [9.17, 15) is 4.79 Å². The van der Waals surface area contributed by atoms with Gasteiger partial charge in [-0.25, -0.2) is 0 Å². The molecule has 0 fully saturated rings. The van der Waals surface area contributed by atoms with Crippen LogP contribution in [0.1, 0.15) is 35.9 Å². The number of carbonyl (C=O) groups is 1. The van der Waals surface area contributed by atoms with Crippen LogP contribution in [0.5, 0.6) is 0 Å². The highest BCUT2D eigenvalue weighted by atomic mass is 79.9. The Hall–Kier alpha value is -2.37. The Morgan fingerprint density at radius 1 is 1.04 bits per heavy atom. The molecular weight excluding hydrogens is 392 g/mol. The summed E-state index contributed by atoms with van der Waals surface area (Å²) in [4.78, 5) is 12.4. The Balaban J connectivity index is 1.62. The Bertz CT molecular complexity index is 817. The standard InChI is InChI=1S/C21H21BrN2O2/c1-15(16-9-11-18(22)12-10-16)24-20(25)14-23-21(19-8-5-13-26-19)17-6-3-2-4-7-17/h2-13,15,21,23H,14H2,1H3,(H,24,25)/p+1/t15-,21-/m0/s1. The molecule has 2 aromatic carbocycles. The van der Waals surface area contributed by atoms with Crippen LogP contribution in [0, 0.1) is 0 Å². The first-order valence-corrected chi connectivity index (χ1v) is 9.39. The zero-order valence-corrected chi connectivity index (χ0v) is 16.1. The quantitative estimate of drug-likeness (QED) is 0.621.